The summed E-state index contributed by atoms with van der Waals surface area (Å²) in [4.78, 5) is 12.3. The minimum atomic E-state index is -0.616. The van der Waals surface area contributed by atoms with Crippen molar-refractivity contribution in [3.63, 3.8) is 0 Å². The van der Waals surface area contributed by atoms with Crippen LogP contribution in [-0.4, -0.2) is 32.1 Å². The summed E-state index contributed by atoms with van der Waals surface area (Å²) in [7, 11) is 0. The first-order valence-electron chi connectivity index (χ1n) is 10.1. The number of amides is 1. The largest absolute Gasteiger partial charge is 0.485 e. The number of carbonyl (C=O) groups is 1. The first-order chi connectivity index (χ1) is 14.2. The summed E-state index contributed by atoms with van der Waals surface area (Å²) in [6.07, 6.45) is 6.94. The van der Waals surface area contributed by atoms with Crippen LogP contribution in [0.5, 0.6) is 5.75 Å². The Labute approximate surface area is 183 Å². The lowest BCUT2D eigenvalue weighted by atomic mass is 9.94. The molecule has 8 heteroatoms. The molecule has 2 aromatic rings. The molecular formula is C22H31N5O2S. The molecule has 0 aliphatic heterocycles. The molecule has 0 radical (unpaired) electrons. The van der Waals surface area contributed by atoms with E-state index in [-0.39, 0.29) is 18.3 Å². The van der Waals surface area contributed by atoms with Crippen LogP contribution in [0.2, 0.25) is 0 Å². The van der Waals surface area contributed by atoms with E-state index in [4.69, 9.17) is 17.0 Å². The second kappa shape index (κ2) is 10.4. The fourth-order valence-electron chi connectivity index (χ4n) is 2.99. The minimum absolute atomic E-state index is 0.148. The van der Waals surface area contributed by atoms with E-state index in [0.717, 1.165) is 16.9 Å². The quantitative estimate of drug-likeness (QED) is 0.341. The summed E-state index contributed by atoms with van der Waals surface area (Å²) < 4.78 is 7.34. The molecule has 0 atom stereocenters. The van der Waals surface area contributed by atoms with E-state index >= 15 is 0 Å². The molecule has 0 fully saturated rings. The predicted octanol–water partition coefficient (Wildman–Crippen LogP) is 3.40. The van der Waals surface area contributed by atoms with Crippen LogP contribution in [0.1, 0.15) is 63.4 Å². The lowest BCUT2D eigenvalue weighted by molar-refractivity contribution is -0.119. The van der Waals surface area contributed by atoms with Crippen molar-refractivity contribution in [3.8, 4) is 18.1 Å². The molecule has 1 aromatic heterocycles. The van der Waals surface area contributed by atoms with Crippen molar-refractivity contribution in [3.05, 3.63) is 35.2 Å². The van der Waals surface area contributed by atoms with E-state index in [1.165, 1.54) is 16.4 Å². The molecule has 162 valence electrons. The predicted molar refractivity (Wildman–Crippen MR) is 121 cm³/mol. The molecule has 0 saturated carbocycles. The molecule has 7 nitrogen and oxygen atoms in total. The van der Waals surface area contributed by atoms with Crippen LogP contribution in [0.15, 0.2) is 23.4 Å². The van der Waals surface area contributed by atoms with Gasteiger partial charge in [-0.05, 0) is 42.9 Å². The number of hydrogen-bond acceptors (Lipinski definition) is 6. The summed E-state index contributed by atoms with van der Waals surface area (Å²) >= 11 is 1.21. The molecule has 0 bridgehead atoms. The number of nitrogens with zero attached hydrogens (tertiary/aromatic N) is 3. The number of nitrogens with two attached hydrogens (primary N) is 1. The second-order valence-electron chi connectivity index (χ2n) is 7.52. The maximum Gasteiger partial charge on any atom is 0.231 e. The zero-order valence-corrected chi connectivity index (χ0v) is 19.2. The van der Waals surface area contributed by atoms with Crippen LogP contribution < -0.4 is 15.9 Å². The van der Waals surface area contributed by atoms with Gasteiger partial charge in [-0.1, -0.05) is 57.5 Å². The average molecular weight is 430 g/mol. The van der Waals surface area contributed by atoms with Crippen LogP contribution in [0.3, 0.4) is 0 Å². The number of terminal acetylenes is 1. The monoisotopic (exact) mass is 429 g/mol. The van der Waals surface area contributed by atoms with Crippen molar-refractivity contribution < 1.29 is 9.53 Å². The van der Waals surface area contributed by atoms with Crippen LogP contribution >= 0.6 is 11.8 Å². The highest BCUT2D eigenvalue weighted by Crippen LogP contribution is 2.28. The van der Waals surface area contributed by atoms with Gasteiger partial charge in [0.25, 0.3) is 0 Å². The normalized spacial score (nSPS) is 11.4. The lowest BCUT2D eigenvalue weighted by Crippen LogP contribution is -2.47. The first kappa shape index (κ1) is 23.6. The highest BCUT2D eigenvalue weighted by Gasteiger charge is 2.25. The number of aryl methyl sites for hydroxylation is 1. The average Bonchev–Trinajstić information content (AvgIpc) is 3.08. The number of nitrogen functional groups attached to an aromatic ring is 1. The molecule has 0 aliphatic rings. The van der Waals surface area contributed by atoms with E-state index in [9.17, 15) is 4.79 Å². The van der Waals surface area contributed by atoms with E-state index < -0.39 is 5.54 Å². The van der Waals surface area contributed by atoms with E-state index in [1.807, 2.05) is 26.8 Å². The van der Waals surface area contributed by atoms with Gasteiger partial charge in [-0.25, -0.2) is 4.68 Å². The van der Waals surface area contributed by atoms with Crippen molar-refractivity contribution in [2.24, 2.45) is 0 Å². The third kappa shape index (κ3) is 5.70. The molecule has 0 aliphatic carbocycles. The summed E-state index contributed by atoms with van der Waals surface area (Å²) in [6.45, 7) is 10.4. The van der Waals surface area contributed by atoms with Gasteiger partial charge in [-0.2, -0.15) is 0 Å². The second-order valence-corrected chi connectivity index (χ2v) is 8.47. The van der Waals surface area contributed by atoms with Crippen LogP contribution in [0.25, 0.3) is 0 Å². The third-order valence-corrected chi connectivity index (χ3v) is 6.02. The summed E-state index contributed by atoms with van der Waals surface area (Å²) in [5, 5.41) is 11.6. The minimum Gasteiger partial charge on any atom is -0.485 e. The van der Waals surface area contributed by atoms with Gasteiger partial charge in [0, 0.05) is 0 Å². The number of nitrogens with one attached hydrogen (secondary N) is 1. The van der Waals surface area contributed by atoms with Gasteiger partial charge in [0.2, 0.25) is 11.1 Å². The Morgan fingerprint density at radius 2 is 2.07 bits per heavy atom. The summed E-state index contributed by atoms with van der Waals surface area (Å²) in [5.41, 5.74) is 1.63. The molecule has 30 heavy (non-hydrogen) atoms. The van der Waals surface area contributed by atoms with Gasteiger partial charge in [0.1, 0.15) is 17.9 Å². The van der Waals surface area contributed by atoms with Crippen molar-refractivity contribution >= 4 is 17.7 Å². The number of rotatable bonds is 10. The van der Waals surface area contributed by atoms with Crippen LogP contribution in [0.4, 0.5) is 0 Å². The topological polar surface area (TPSA) is 95.1 Å². The molecule has 0 saturated heterocycles. The number of benzene rings is 1. The highest BCUT2D eigenvalue weighted by atomic mass is 32.2. The molecule has 2 rings (SSSR count). The van der Waals surface area contributed by atoms with Crippen LogP contribution in [-0.2, 0) is 11.4 Å². The van der Waals surface area contributed by atoms with E-state index in [2.05, 4.69) is 47.4 Å². The first-order valence-corrected chi connectivity index (χ1v) is 11.1. The smallest absolute Gasteiger partial charge is 0.231 e. The Morgan fingerprint density at radius 1 is 1.37 bits per heavy atom. The van der Waals surface area contributed by atoms with Crippen molar-refractivity contribution in [1.29, 1.82) is 0 Å². The molecule has 1 aromatic carbocycles. The summed E-state index contributed by atoms with van der Waals surface area (Å²) in [5.74, 6) is 10.4. The number of hydrogen-bond donors (Lipinski definition) is 2. The number of aromatic nitrogens is 3. The number of thioether (sulfide) groups is 1. The van der Waals surface area contributed by atoms with E-state index in [1.54, 1.807) is 0 Å². The van der Waals surface area contributed by atoms with Gasteiger partial charge >= 0.3 is 0 Å². The number of ether oxygens (including phenoxy) is 1. The fraction of sp³-hybridized carbons (Fsp3) is 0.500. The van der Waals surface area contributed by atoms with Crippen molar-refractivity contribution in [2.45, 2.75) is 70.7 Å². The Bertz CT molecular complexity index is 913. The third-order valence-electron chi connectivity index (χ3n) is 5.08. The zero-order valence-electron chi connectivity index (χ0n) is 18.4. The highest BCUT2D eigenvalue weighted by molar-refractivity contribution is 7.99. The Hall–Kier alpha value is -2.66. The molecule has 1 amide bonds. The van der Waals surface area contributed by atoms with Gasteiger partial charge in [-0.3, -0.25) is 4.79 Å². The number of carbonyl (C=O) groups excluding carboxylic acids is 1. The maximum absolute atomic E-state index is 12.3. The molecule has 1 heterocycles. The van der Waals surface area contributed by atoms with Gasteiger partial charge in [-0.15, -0.1) is 16.6 Å². The fourth-order valence-corrected chi connectivity index (χ4v) is 3.67. The Balaban J connectivity index is 2.00. The Kier molecular flexibility index (Phi) is 8.18. The standard InChI is InChI=1S/C22H31N5O2S/c1-7-22(8-2,9-3)24-20(28)14-30-21-26-25-19(27(21)23)13-29-18-12-16(6)10-11-17(18)15(4)5/h1,10-12,15H,8-9,13-14,23H2,2-6H3,(H,24,28). The van der Waals surface area contributed by atoms with Gasteiger partial charge < -0.3 is 15.9 Å². The maximum atomic E-state index is 12.3. The molecule has 0 unspecified atom stereocenters. The Morgan fingerprint density at radius 3 is 2.67 bits per heavy atom. The van der Waals surface area contributed by atoms with Gasteiger partial charge in [0.05, 0.1) is 5.75 Å². The summed E-state index contributed by atoms with van der Waals surface area (Å²) in [6, 6.07) is 6.15. The van der Waals surface area contributed by atoms with Crippen molar-refractivity contribution in [1.82, 2.24) is 20.2 Å². The molecular weight excluding hydrogens is 398 g/mol. The van der Waals surface area contributed by atoms with Gasteiger partial charge in [0.15, 0.2) is 5.82 Å². The lowest BCUT2D eigenvalue weighted by Gasteiger charge is -2.26. The SMILES string of the molecule is C#CC(CC)(CC)NC(=O)CSc1nnc(COc2cc(C)ccc2C(C)C)n1N. The van der Waals surface area contributed by atoms with Crippen molar-refractivity contribution in [2.75, 3.05) is 11.6 Å². The molecule has 3 N–H and O–H groups in total. The van der Waals surface area contributed by atoms with E-state index in [0.29, 0.717) is 29.7 Å². The van der Waals surface area contributed by atoms with Crippen LogP contribution in [0, 0.1) is 19.3 Å². The molecule has 0 spiro atoms. The zero-order chi connectivity index (χ0) is 22.3.